The second-order valence-electron chi connectivity index (χ2n) is 7.40. The molecule has 0 spiro atoms. The van der Waals surface area contributed by atoms with Crippen LogP contribution < -0.4 is 4.74 Å². The standard InChI is InChI=1S/C24H20ClNO6/c1-13-10-15(6-8-19(13)31-2)22(28)20-21(14-5-7-18(27)17(25)11-14)26(24(30)23(20)29)12-16-4-3-9-32-16/h3-11,21,27-28H,12H2,1-2H3/b22-20-. The van der Waals surface area contributed by atoms with Gasteiger partial charge < -0.3 is 24.3 Å². The molecule has 4 rings (SSSR count). The number of methoxy groups -OCH3 is 1. The number of rotatable bonds is 5. The van der Waals surface area contributed by atoms with Crippen molar-refractivity contribution < 1.29 is 29.0 Å². The fourth-order valence-corrected chi connectivity index (χ4v) is 4.02. The summed E-state index contributed by atoms with van der Waals surface area (Å²) in [6.07, 6.45) is 1.47. The molecule has 2 aromatic carbocycles. The number of benzene rings is 2. The van der Waals surface area contributed by atoms with Crippen molar-refractivity contribution in [2.24, 2.45) is 0 Å². The van der Waals surface area contributed by atoms with Crippen molar-refractivity contribution >= 4 is 29.1 Å². The minimum atomic E-state index is -0.930. The number of ketones is 1. The number of likely N-dealkylation sites (tertiary alicyclic amines) is 1. The highest BCUT2D eigenvalue weighted by atomic mass is 35.5. The second kappa shape index (κ2) is 8.43. The van der Waals surface area contributed by atoms with Gasteiger partial charge in [0.15, 0.2) is 0 Å². The Hall–Kier alpha value is -3.71. The molecule has 1 aromatic heterocycles. The van der Waals surface area contributed by atoms with Gasteiger partial charge in [-0.1, -0.05) is 17.7 Å². The lowest BCUT2D eigenvalue weighted by Crippen LogP contribution is -2.29. The molecule has 8 heteroatoms. The first-order chi connectivity index (χ1) is 15.3. The number of hydrogen-bond donors (Lipinski definition) is 2. The number of phenolic OH excluding ortho intramolecular Hbond substituents is 1. The maximum absolute atomic E-state index is 13.1. The Morgan fingerprint density at radius 3 is 2.59 bits per heavy atom. The lowest BCUT2D eigenvalue weighted by Gasteiger charge is -2.24. The number of aromatic hydroxyl groups is 1. The van der Waals surface area contributed by atoms with Crippen LogP contribution in [0.4, 0.5) is 0 Å². The molecule has 1 aliphatic heterocycles. The molecule has 1 fully saturated rings. The molecule has 0 aliphatic carbocycles. The Morgan fingerprint density at radius 2 is 1.97 bits per heavy atom. The molecular formula is C24H20ClNO6. The number of furan rings is 1. The predicted molar refractivity (Wildman–Crippen MR) is 117 cm³/mol. The summed E-state index contributed by atoms with van der Waals surface area (Å²) < 4.78 is 10.6. The summed E-state index contributed by atoms with van der Waals surface area (Å²) in [5.41, 5.74) is 1.51. The number of ether oxygens (including phenoxy) is 1. The van der Waals surface area contributed by atoms with Gasteiger partial charge in [0.1, 0.15) is 23.0 Å². The number of aliphatic hydroxyl groups excluding tert-OH is 1. The van der Waals surface area contributed by atoms with Crippen molar-refractivity contribution in [1.82, 2.24) is 4.90 Å². The Kier molecular flexibility index (Phi) is 5.67. The van der Waals surface area contributed by atoms with Gasteiger partial charge in [-0.05, 0) is 60.5 Å². The summed E-state index contributed by atoms with van der Waals surface area (Å²) in [7, 11) is 1.54. The summed E-state index contributed by atoms with van der Waals surface area (Å²) >= 11 is 6.10. The zero-order chi connectivity index (χ0) is 23.0. The molecule has 164 valence electrons. The van der Waals surface area contributed by atoms with Crippen molar-refractivity contribution in [3.8, 4) is 11.5 Å². The molecule has 1 unspecified atom stereocenters. The third-order valence-electron chi connectivity index (χ3n) is 5.40. The van der Waals surface area contributed by atoms with E-state index in [1.165, 1.54) is 30.4 Å². The zero-order valence-corrected chi connectivity index (χ0v) is 18.1. The number of Topliss-reactive ketones (excluding diaryl/α,β-unsaturated/α-hetero) is 1. The molecule has 0 bridgehead atoms. The van der Waals surface area contributed by atoms with E-state index in [4.69, 9.17) is 20.8 Å². The predicted octanol–water partition coefficient (Wildman–Crippen LogP) is 4.58. The molecule has 2 N–H and O–H groups in total. The van der Waals surface area contributed by atoms with Gasteiger partial charge >= 0.3 is 0 Å². The Balaban J connectivity index is 1.89. The minimum Gasteiger partial charge on any atom is -0.507 e. The topological polar surface area (TPSA) is 100 Å². The van der Waals surface area contributed by atoms with Gasteiger partial charge in [0.25, 0.3) is 11.7 Å². The number of hydrogen-bond acceptors (Lipinski definition) is 6. The average Bonchev–Trinajstić information content (AvgIpc) is 3.37. The fraction of sp³-hybridized carbons (Fsp3) is 0.167. The largest absolute Gasteiger partial charge is 0.507 e. The van der Waals surface area contributed by atoms with E-state index in [1.54, 1.807) is 36.4 Å². The summed E-state index contributed by atoms with van der Waals surface area (Å²) in [4.78, 5) is 27.3. The van der Waals surface area contributed by atoms with Crippen LogP contribution in [-0.2, 0) is 16.1 Å². The highest BCUT2D eigenvalue weighted by Crippen LogP contribution is 2.42. The van der Waals surface area contributed by atoms with E-state index in [-0.39, 0.29) is 28.6 Å². The molecule has 1 amide bonds. The van der Waals surface area contributed by atoms with Gasteiger partial charge in [-0.15, -0.1) is 0 Å². The van der Waals surface area contributed by atoms with Crippen molar-refractivity contribution in [3.05, 3.63) is 87.8 Å². The number of phenols is 1. The Morgan fingerprint density at radius 1 is 1.19 bits per heavy atom. The first-order valence-corrected chi connectivity index (χ1v) is 10.1. The smallest absolute Gasteiger partial charge is 0.296 e. The number of amides is 1. The van der Waals surface area contributed by atoms with Crippen LogP contribution in [-0.4, -0.2) is 33.9 Å². The van der Waals surface area contributed by atoms with Crippen LogP contribution in [0.1, 0.15) is 28.5 Å². The number of carbonyl (C=O) groups excluding carboxylic acids is 2. The monoisotopic (exact) mass is 453 g/mol. The van der Waals surface area contributed by atoms with E-state index in [0.29, 0.717) is 22.6 Å². The highest BCUT2D eigenvalue weighted by molar-refractivity contribution is 6.46. The minimum absolute atomic E-state index is 0.0131. The molecule has 2 heterocycles. The Labute approximate surface area is 189 Å². The number of aryl methyl sites for hydroxylation is 1. The summed E-state index contributed by atoms with van der Waals surface area (Å²) in [5.74, 6) is -0.947. The first kappa shape index (κ1) is 21.5. The van der Waals surface area contributed by atoms with Crippen LogP contribution >= 0.6 is 11.6 Å². The SMILES string of the molecule is COc1ccc(/C(O)=C2/C(=O)C(=O)N(Cc3ccco3)C2c2ccc(O)c(Cl)c2)cc1C. The lowest BCUT2D eigenvalue weighted by atomic mass is 9.94. The third-order valence-corrected chi connectivity index (χ3v) is 5.70. The van der Waals surface area contributed by atoms with Crippen LogP contribution in [0.5, 0.6) is 11.5 Å². The number of aliphatic hydroxyl groups is 1. The first-order valence-electron chi connectivity index (χ1n) is 9.76. The van der Waals surface area contributed by atoms with E-state index < -0.39 is 17.7 Å². The number of carbonyl (C=O) groups is 2. The molecule has 1 aliphatic rings. The van der Waals surface area contributed by atoms with Gasteiger partial charge in [-0.25, -0.2) is 0 Å². The molecular weight excluding hydrogens is 434 g/mol. The summed E-state index contributed by atoms with van der Waals surface area (Å²) in [5, 5.41) is 21.0. The molecule has 7 nitrogen and oxygen atoms in total. The molecule has 32 heavy (non-hydrogen) atoms. The van der Waals surface area contributed by atoms with Crippen molar-refractivity contribution in [2.75, 3.05) is 7.11 Å². The molecule has 1 saturated heterocycles. The lowest BCUT2D eigenvalue weighted by molar-refractivity contribution is -0.140. The maximum Gasteiger partial charge on any atom is 0.296 e. The zero-order valence-electron chi connectivity index (χ0n) is 17.3. The van der Waals surface area contributed by atoms with Crippen LogP contribution in [0.3, 0.4) is 0 Å². The van der Waals surface area contributed by atoms with Crippen LogP contribution in [0.25, 0.3) is 5.76 Å². The van der Waals surface area contributed by atoms with Crippen LogP contribution in [0.15, 0.2) is 64.8 Å². The second-order valence-corrected chi connectivity index (χ2v) is 7.81. The van der Waals surface area contributed by atoms with E-state index in [9.17, 15) is 19.8 Å². The van der Waals surface area contributed by atoms with Crippen LogP contribution in [0.2, 0.25) is 5.02 Å². The number of nitrogens with zero attached hydrogens (tertiary/aromatic N) is 1. The third kappa shape index (κ3) is 3.71. The van der Waals surface area contributed by atoms with Crippen molar-refractivity contribution in [2.45, 2.75) is 19.5 Å². The molecule has 0 saturated carbocycles. The van der Waals surface area contributed by atoms with Gasteiger partial charge in [-0.2, -0.15) is 0 Å². The highest BCUT2D eigenvalue weighted by Gasteiger charge is 2.46. The van der Waals surface area contributed by atoms with Gasteiger partial charge in [-0.3, -0.25) is 9.59 Å². The quantitative estimate of drug-likeness (QED) is 0.333. The maximum atomic E-state index is 13.1. The van der Waals surface area contributed by atoms with Gasteiger partial charge in [0.2, 0.25) is 0 Å². The van der Waals surface area contributed by atoms with Gasteiger partial charge in [0, 0.05) is 5.56 Å². The fourth-order valence-electron chi connectivity index (χ4n) is 3.83. The normalized spacial score (nSPS) is 17.7. The van der Waals surface area contributed by atoms with E-state index in [2.05, 4.69) is 0 Å². The molecule has 3 aromatic rings. The number of halogens is 1. The molecule has 0 radical (unpaired) electrons. The summed E-state index contributed by atoms with van der Waals surface area (Å²) in [6.45, 7) is 1.82. The molecule has 1 atom stereocenters. The van der Waals surface area contributed by atoms with Crippen molar-refractivity contribution in [3.63, 3.8) is 0 Å². The van der Waals surface area contributed by atoms with Crippen molar-refractivity contribution in [1.29, 1.82) is 0 Å². The van der Waals surface area contributed by atoms with Gasteiger partial charge in [0.05, 0.1) is 36.6 Å². The van der Waals surface area contributed by atoms with E-state index in [0.717, 1.165) is 5.56 Å². The summed E-state index contributed by atoms with van der Waals surface area (Å²) in [6, 6.07) is 11.8. The Bertz CT molecular complexity index is 1230. The van der Waals surface area contributed by atoms with E-state index in [1.807, 2.05) is 6.92 Å². The average molecular weight is 454 g/mol. The van der Waals surface area contributed by atoms with E-state index >= 15 is 0 Å². The van der Waals surface area contributed by atoms with Crippen LogP contribution in [0, 0.1) is 6.92 Å².